The van der Waals surface area contributed by atoms with Gasteiger partial charge in [-0.25, -0.2) is 13.1 Å². The summed E-state index contributed by atoms with van der Waals surface area (Å²) in [7, 11) is -4.24. The van der Waals surface area contributed by atoms with E-state index in [1.165, 1.54) is 17.7 Å². The summed E-state index contributed by atoms with van der Waals surface area (Å²) in [5.74, 6) is 0. The Morgan fingerprint density at radius 3 is 2.48 bits per heavy atom. The first-order valence-corrected chi connectivity index (χ1v) is 9.26. The van der Waals surface area contributed by atoms with Gasteiger partial charge in [-0.15, -0.1) is 0 Å². The van der Waals surface area contributed by atoms with E-state index < -0.39 is 26.7 Å². The second-order valence-corrected chi connectivity index (χ2v) is 7.49. The predicted octanol–water partition coefficient (Wildman–Crippen LogP) is 3.05. The summed E-state index contributed by atoms with van der Waals surface area (Å²) < 4.78 is 65.9. The zero-order valence-corrected chi connectivity index (χ0v) is 14.1. The first-order valence-electron chi connectivity index (χ1n) is 7.78. The molecule has 2 aromatic rings. The molecule has 0 atom stereocenters. The van der Waals surface area contributed by atoms with E-state index in [-0.39, 0.29) is 6.54 Å². The molecule has 0 bridgehead atoms. The molecule has 1 aliphatic rings. The van der Waals surface area contributed by atoms with Crippen molar-refractivity contribution >= 4 is 15.7 Å². The molecule has 0 aromatic heterocycles. The Morgan fingerprint density at radius 1 is 1.04 bits per heavy atom. The lowest BCUT2D eigenvalue weighted by atomic mass is 10.2. The Balaban J connectivity index is 1.70. The molecule has 1 N–H and O–H groups in total. The molecule has 0 saturated carbocycles. The average molecular weight is 370 g/mol. The molecule has 2 aromatic carbocycles. The van der Waals surface area contributed by atoms with Crippen molar-refractivity contribution in [3.8, 4) is 0 Å². The molecule has 0 saturated heterocycles. The molecule has 0 unspecified atom stereocenters. The number of nitrogens with one attached hydrogen (secondary N) is 1. The molecule has 25 heavy (non-hydrogen) atoms. The zero-order chi connectivity index (χ0) is 18.1. The Kier molecular flexibility index (Phi) is 4.75. The smallest absolute Gasteiger partial charge is 0.370 e. The number of fused-ring (bicyclic) bond motifs is 1. The van der Waals surface area contributed by atoms with Gasteiger partial charge in [-0.1, -0.05) is 30.3 Å². The number of anilines is 1. The number of hydrogen-bond acceptors (Lipinski definition) is 3. The van der Waals surface area contributed by atoms with E-state index in [2.05, 4.69) is 4.72 Å². The Morgan fingerprint density at radius 2 is 1.72 bits per heavy atom. The van der Waals surface area contributed by atoms with Gasteiger partial charge in [-0.05, 0) is 30.2 Å². The number of halogens is 3. The molecular weight excluding hydrogens is 353 g/mol. The first-order chi connectivity index (χ1) is 11.8. The molecule has 1 aliphatic heterocycles. The van der Waals surface area contributed by atoms with Crippen molar-refractivity contribution in [2.45, 2.75) is 17.5 Å². The summed E-state index contributed by atoms with van der Waals surface area (Å²) in [6, 6.07) is 12.0. The van der Waals surface area contributed by atoms with Crippen LogP contribution in [0.25, 0.3) is 0 Å². The largest absolute Gasteiger partial charge is 0.417 e. The SMILES string of the molecule is O=S(=O)(NCCN1CCc2ccccc21)c1ccccc1C(F)(F)F. The van der Waals surface area contributed by atoms with Gasteiger partial charge in [0.25, 0.3) is 0 Å². The van der Waals surface area contributed by atoms with Crippen molar-refractivity contribution in [2.24, 2.45) is 0 Å². The molecule has 1 heterocycles. The molecule has 0 aliphatic carbocycles. The lowest BCUT2D eigenvalue weighted by Crippen LogP contribution is -2.34. The van der Waals surface area contributed by atoms with Gasteiger partial charge in [0.1, 0.15) is 0 Å². The van der Waals surface area contributed by atoms with Crippen LogP contribution in [0.1, 0.15) is 11.1 Å². The zero-order valence-electron chi connectivity index (χ0n) is 13.3. The first kappa shape index (κ1) is 17.8. The second kappa shape index (κ2) is 6.68. The fraction of sp³-hybridized carbons (Fsp3) is 0.294. The summed E-state index contributed by atoms with van der Waals surface area (Å²) >= 11 is 0. The maximum Gasteiger partial charge on any atom is 0.417 e. The third-order valence-electron chi connectivity index (χ3n) is 4.14. The Bertz CT molecular complexity index is 866. The van der Waals surface area contributed by atoms with E-state index in [1.54, 1.807) is 0 Å². The molecule has 0 amide bonds. The number of hydrogen-bond donors (Lipinski definition) is 1. The van der Waals surface area contributed by atoms with Crippen molar-refractivity contribution in [2.75, 3.05) is 24.5 Å². The van der Waals surface area contributed by atoms with Crippen LogP contribution in [0.5, 0.6) is 0 Å². The molecule has 0 spiro atoms. The van der Waals surface area contributed by atoms with E-state index >= 15 is 0 Å². The van der Waals surface area contributed by atoms with Gasteiger partial charge in [0.05, 0.1) is 10.5 Å². The number of sulfonamides is 1. The molecular formula is C17H17F3N2O2S. The summed E-state index contributed by atoms with van der Waals surface area (Å²) in [5.41, 5.74) is 1.07. The number of nitrogens with zero attached hydrogens (tertiary/aromatic N) is 1. The topological polar surface area (TPSA) is 49.4 Å². The van der Waals surface area contributed by atoms with Crippen molar-refractivity contribution in [3.63, 3.8) is 0 Å². The molecule has 8 heteroatoms. The highest BCUT2D eigenvalue weighted by molar-refractivity contribution is 7.89. The summed E-state index contributed by atoms with van der Waals surface area (Å²) in [6.45, 7) is 1.19. The minimum absolute atomic E-state index is 0.0306. The van der Waals surface area contributed by atoms with Crippen LogP contribution in [0.2, 0.25) is 0 Å². The third kappa shape index (κ3) is 3.80. The van der Waals surface area contributed by atoms with Gasteiger partial charge >= 0.3 is 6.18 Å². The maximum absolute atomic E-state index is 13.0. The Hall–Kier alpha value is -2.06. The summed E-state index contributed by atoms with van der Waals surface area (Å²) in [4.78, 5) is 1.28. The number of para-hydroxylation sites is 1. The number of benzene rings is 2. The lowest BCUT2D eigenvalue weighted by molar-refractivity contribution is -0.139. The van der Waals surface area contributed by atoms with Gasteiger partial charge in [-0.3, -0.25) is 0 Å². The van der Waals surface area contributed by atoms with Crippen molar-refractivity contribution in [1.82, 2.24) is 4.72 Å². The summed E-state index contributed by atoms with van der Waals surface area (Å²) in [5, 5.41) is 0. The fourth-order valence-corrected chi connectivity index (χ4v) is 4.21. The number of rotatable bonds is 5. The van der Waals surface area contributed by atoms with E-state index in [0.717, 1.165) is 30.8 Å². The van der Waals surface area contributed by atoms with Crippen molar-refractivity contribution < 1.29 is 21.6 Å². The number of alkyl halides is 3. The van der Waals surface area contributed by atoms with Gasteiger partial charge < -0.3 is 4.90 Å². The highest BCUT2D eigenvalue weighted by Crippen LogP contribution is 2.33. The fourth-order valence-electron chi connectivity index (χ4n) is 2.97. The van der Waals surface area contributed by atoms with Crippen LogP contribution in [0.15, 0.2) is 53.4 Å². The molecule has 134 valence electrons. The van der Waals surface area contributed by atoms with E-state index in [4.69, 9.17) is 0 Å². The van der Waals surface area contributed by atoms with Crippen molar-refractivity contribution in [1.29, 1.82) is 0 Å². The molecule has 0 radical (unpaired) electrons. The maximum atomic E-state index is 13.0. The van der Waals surface area contributed by atoms with Crippen LogP contribution in [0.3, 0.4) is 0 Å². The molecule has 0 fully saturated rings. The lowest BCUT2D eigenvalue weighted by Gasteiger charge is -2.20. The van der Waals surface area contributed by atoms with E-state index in [0.29, 0.717) is 6.54 Å². The van der Waals surface area contributed by atoms with E-state index in [9.17, 15) is 21.6 Å². The molecule has 3 rings (SSSR count). The van der Waals surface area contributed by atoms with Crippen LogP contribution in [-0.2, 0) is 22.6 Å². The standard InChI is InChI=1S/C17H17F3N2O2S/c18-17(19,20)14-6-2-4-8-16(14)25(23,24)21-10-12-22-11-9-13-5-1-3-7-15(13)22/h1-8,21H,9-12H2. The monoisotopic (exact) mass is 370 g/mol. The normalized spacial score (nSPS) is 14.6. The average Bonchev–Trinajstić information content (AvgIpc) is 2.97. The minimum Gasteiger partial charge on any atom is -0.370 e. The van der Waals surface area contributed by atoms with Crippen molar-refractivity contribution in [3.05, 3.63) is 59.7 Å². The quantitative estimate of drug-likeness (QED) is 0.880. The van der Waals surface area contributed by atoms with Gasteiger partial charge in [-0.2, -0.15) is 13.2 Å². The third-order valence-corrected chi connectivity index (χ3v) is 5.66. The minimum atomic E-state index is -4.72. The van der Waals surface area contributed by atoms with Crippen LogP contribution in [-0.4, -0.2) is 28.1 Å². The van der Waals surface area contributed by atoms with Gasteiger partial charge in [0.2, 0.25) is 10.0 Å². The van der Waals surface area contributed by atoms with Crippen LogP contribution < -0.4 is 9.62 Å². The predicted molar refractivity (Wildman–Crippen MR) is 89.0 cm³/mol. The van der Waals surface area contributed by atoms with Crippen LogP contribution in [0, 0.1) is 0 Å². The van der Waals surface area contributed by atoms with E-state index in [1.807, 2.05) is 29.2 Å². The second-order valence-electron chi connectivity index (χ2n) is 5.76. The van der Waals surface area contributed by atoms with Gasteiger partial charge in [0, 0.05) is 25.3 Å². The Labute approximate surface area is 144 Å². The van der Waals surface area contributed by atoms with Crippen LogP contribution in [0.4, 0.5) is 18.9 Å². The van der Waals surface area contributed by atoms with Gasteiger partial charge in [0.15, 0.2) is 0 Å². The molecule has 4 nitrogen and oxygen atoms in total. The summed E-state index contributed by atoms with van der Waals surface area (Å²) in [6.07, 6.45) is -3.85. The highest BCUT2D eigenvalue weighted by Gasteiger charge is 2.36. The highest BCUT2D eigenvalue weighted by atomic mass is 32.2. The van der Waals surface area contributed by atoms with Crippen LogP contribution >= 0.6 is 0 Å².